The van der Waals surface area contributed by atoms with Gasteiger partial charge in [-0.1, -0.05) is 0 Å². The first-order valence-electron chi connectivity index (χ1n) is 4.67. The average Bonchev–Trinajstić information content (AvgIpc) is 2.65. The second-order valence-electron chi connectivity index (χ2n) is 3.08. The smallest absolute Gasteiger partial charge is 0.219 e. The Hall–Kier alpha value is -1.36. The van der Waals surface area contributed by atoms with Gasteiger partial charge in [0.2, 0.25) is 5.91 Å². The van der Waals surface area contributed by atoms with E-state index < -0.39 is 0 Å². The molecule has 0 saturated heterocycles. The number of rotatable bonds is 5. The SMILES string of the molecule is CNC(=O)CCCn1cnc(CN)c1. The standard InChI is InChI=1S/C9H16N4O/c1-11-9(14)3-2-4-13-6-8(5-10)12-7-13/h6-7H,2-5,10H2,1H3,(H,11,14). The molecule has 78 valence electrons. The molecular weight excluding hydrogens is 180 g/mol. The zero-order valence-electron chi connectivity index (χ0n) is 8.36. The fraction of sp³-hybridized carbons (Fsp3) is 0.556. The van der Waals surface area contributed by atoms with E-state index in [0.29, 0.717) is 13.0 Å². The molecule has 0 aliphatic heterocycles. The lowest BCUT2D eigenvalue weighted by atomic mass is 10.3. The van der Waals surface area contributed by atoms with Crippen LogP contribution in [0.25, 0.3) is 0 Å². The van der Waals surface area contributed by atoms with Gasteiger partial charge < -0.3 is 15.6 Å². The zero-order valence-corrected chi connectivity index (χ0v) is 8.36. The summed E-state index contributed by atoms with van der Waals surface area (Å²) in [7, 11) is 1.64. The highest BCUT2D eigenvalue weighted by molar-refractivity contribution is 5.75. The molecule has 3 N–H and O–H groups in total. The normalized spacial score (nSPS) is 10.1. The summed E-state index contributed by atoms with van der Waals surface area (Å²) < 4.78 is 1.95. The van der Waals surface area contributed by atoms with Gasteiger partial charge in [0, 0.05) is 32.8 Å². The van der Waals surface area contributed by atoms with Crippen molar-refractivity contribution in [3.05, 3.63) is 18.2 Å². The highest BCUT2D eigenvalue weighted by Gasteiger charge is 1.99. The average molecular weight is 196 g/mol. The van der Waals surface area contributed by atoms with Gasteiger partial charge in [0.25, 0.3) is 0 Å². The van der Waals surface area contributed by atoms with Crippen LogP contribution in [0.4, 0.5) is 0 Å². The van der Waals surface area contributed by atoms with Gasteiger partial charge in [-0.05, 0) is 6.42 Å². The van der Waals surface area contributed by atoms with Crippen LogP contribution in [-0.4, -0.2) is 22.5 Å². The van der Waals surface area contributed by atoms with E-state index in [0.717, 1.165) is 18.7 Å². The fourth-order valence-electron chi connectivity index (χ4n) is 1.18. The van der Waals surface area contributed by atoms with E-state index in [2.05, 4.69) is 10.3 Å². The molecule has 5 nitrogen and oxygen atoms in total. The maximum atomic E-state index is 10.9. The van der Waals surface area contributed by atoms with Gasteiger partial charge >= 0.3 is 0 Å². The van der Waals surface area contributed by atoms with Crippen molar-refractivity contribution in [1.82, 2.24) is 14.9 Å². The first kappa shape index (κ1) is 10.7. The van der Waals surface area contributed by atoms with Crippen molar-refractivity contribution in [1.29, 1.82) is 0 Å². The molecular formula is C9H16N4O. The number of amides is 1. The van der Waals surface area contributed by atoms with E-state index >= 15 is 0 Å². The lowest BCUT2D eigenvalue weighted by Crippen LogP contribution is -2.17. The van der Waals surface area contributed by atoms with Crippen molar-refractivity contribution in [2.24, 2.45) is 5.73 Å². The van der Waals surface area contributed by atoms with E-state index in [1.807, 2.05) is 10.8 Å². The number of nitrogens with one attached hydrogen (secondary N) is 1. The third-order valence-corrected chi connectivity index (χ3v) is 1.99. The summed E-state index contributed by atoms with van der Waals surface area (Å²) in [5.41, 5.74) is 6.30. The molecule has 0 radical (unpaired) electrons. The predicted octanol–water partition coefficient (Wildman–Crippen LogP) is -0.132. The summed E-state index contributed by atoms with van der Waals surface area (Å²) in [5.74, 6) is 0.0733. The molecule has 1 heterocycles. The Morgan fingerprint density at radius 3 is 3.07 bits per heavy atom. The van der Waals surface area contributed by atoms with Crippen LogP contribution in [0, 0.1) is 0 Å². The molecule has 14 heavy (non-hydrogen) atoms. The van der Waals surface area contributed by atoms with E-state index in [1.54, 1.807) is 13.4 Å². The third-order valence-electron chi connectivity index (χ3n) is 1.99. The van der Waals surface area contributed by atoms with Crippen LogP contribution in [0.5, 0.6) is 0 Å². The Morgan fingerprint density at radius 2 is 2.50 bits per heavy atom. The third kappa shape index (κ3) is 3.18. The number of hydrogen-bond acceptors (Lipinski definition) is 3. The topological polar surface area (TPSA) is 72.9 Å². The summed E-state index contributed by atoms with van der Waals surface area (Å²) in [6.07, 6.45) is 5.02. The van der Waals surface area contributed by atoms with Crippen LogP contribution < -0.4 is 11.1 Å². The monoisotopic (exact) mass is 196 g/mol. The van der Waals surface area contributed by atoms with Crippen molar-refractivity contribution in [3.63, 3.8) is 0 Å². The summed E-state index contributed by atoms with van der Waals surface area (Å²) in [6, 6.07) is 0. The van der Waals surface area contributed by atoms with Crippen molar-refractivity contribution in [2.45, 2.75) is 25.9 Å². The molecule has 0 aliphatic rings. The molecule has 0 saturated carbocycles. The van der Waals surface area contributed by atoms with Gasteiger partial charge in [0.15, 0.2) is 0 Å². The van der Waals surface area contributed by atoms with E-state index in [-0.39, 0.29) is 5.91 Å². The Labute approximate surface area is 83.3 Å². The number of aryl methyl sites for hydroxylation is 1. The molecule has 0 fully saturated rings. The van der Waals surface area contributed by atoms with Gasteiger partial charge in [0.05, 0.1) is 12.0 Å². The van der Waals surface area contributed by atoms with Gasteiger partial charge in [-0.2, -0.15) is 0 Å². The molecule has 1 aromatic heterocycles. The van der Waals surface area contributed by atoms with Crippen LogP contribution in [-0.2, 0) is 17.9 Å². The number of carbonyl (C=O) groups is 1. The molecule has 0 unspecified atom stereocenters. The molecule has 0 atom stereocenters. The zero-order chi connectivity index (χ0) is 10.4. The minimum absolute atomic E-state index is 0.0733. The van der Waals surface area contributed by atoms with Crippen LogP contribution in [0.3, 0.4) is 0 Å². The van der Waals surface area contributed by atoms with Gasteiger partial charge in [-0.3, -0.25) is 4.79 Å². The van der Waals surface area contributed by atoms with Gasteiger partial charge in [-0.15, -0.1) is 0 Å². The highest BCUT2D eigenvalue weighted by atomic mass is 16.1. The first-order valence-corrected chi connectivity index (χ1v) is 4.67. The molecule has 0 aromatic carbocycles. The van der Waals surface area contributed by atoms with Gasteiger partial charge in [-0.25, -0.2) is 4.98 Å². The largest absolute Gasteiger partial charge is 0.359 e. The van der Waals surface area contributed by atoms with Crippen molar-refractivity contribution >= 4 is 5.91 Å². The Morgan fingerprint density at radius 1 is 1.71 bits per heavy atom. The summed E-state index contributed by atoms with van der Waals surface area (Å²) >= 11 is 0. The number of aromatic nitrogens is 2. The first-order chi connectivity index (χ1) is 6.76. The predicted molar refractivity (Wildman–Crippen MR) is 53.4 cm³/mol. The molecule has 0 aliphatic carbocycles. The lowest BCUT2D eigenvalue weighted by Gasteiger charge is -2.00. The maximum absolute atomic E-state index is 10.9. The van der Waals surface area contributed by atoms with Crippen LogP contribution in [0.15, 0.2) is 12.5 Å². The molecule has 1 amide bonds. The summed E-state index contributed by atoms with van der Waals surface area (Å²) in [6.45, 7) is 1.27. The molecule has 0 spiro atoms. The summed E-state index contributed by atoms with van der Waals surface area (Å²) in [5, 5.41) is 2.58. The lowest BCUT2D eigenvalue weighted by molar-refractivity contribution is -0.120. The quantitative estimate of drug-likeness (QED) is 0.689. The van der Waals surface area contributed by atoms with Crippen LogP contribution in [0.2, 0.25) is 0 Å². The van der Waals surface area contributed by atoms with Crippen molar-refractivity contribution in [3.8, 4) is 0 Å². The van der Waals surface area contributed by atoms with Gasteiger partial charge in [0.1, 0.15) is 0 Å². The Balaban J connectivity index is 2.27. The molecule has 1 aromatic rings. The summed E-state index contributed by atoms with van der Waals surface area (Å²) in [4.78, 5) is 15.0. The number of carbonyl (C=O) groups excluding carboxylic acids is 1. The van der Waals surface area contributed by atoms with Crippen LogP contribution >= 0.6 is 0 Å². The number of imidazole rings is 1. The minimum Gasteiger partial charge on any atom is -0.359 e. The van der Waals surface area contributed by atoms with E-state index in [4.69, 9.17) is 5.73 Å². The highest BCUT2D eigenvalue weighted by Crippen LogP contribution is 1.98. The van der Waals surface area contributed by atoms with Crippen LogP contribution in [0.1, 0.15) is 18.5 Å². The second-order valence-corrected chi connectivity index (χ2v) is 3.08. The van der Waals surface area contributed by atoms with E-state index in [9.17, 15) is 4.79 Å². The number of nitrogens with two attached hydrogens (primary N) is 1. The Kier molecular flexibility index (Phi) is 4.12. The molecule has 1 rings (SSSR count). The Bertz CT molecular complexity index is 295. The minimum atomic E-state index is 0.0733. The maximum Gasteiger partial charge on any atom is 0.219 e. The van der Waals surface area contributed by atoms with E-state index in [1.165, 1.54) is 0 Å². The van der Waals surface area contributed by atoms with Crippen molar-refractivity contribution in [2.75, 3.05) is 7.05 Å². The number of nitrogens with zero attached hydrogens (tertiary/aromatic N) is 2. The fourth-order valence-corrected chi connectivity index (χ4v) is 1.18. The second kappa shape index (κ2) is 5.39. The molecule has 5 heteroatoms. The van der Waals surface area contributed by atoms with Crippen molar-refractivity contribution < 1.29 is 4.79 Å². The molecule has 0 bridgehead atoms. The number of hydrogen-bond donors (Lipinski definition) is 2.